The van der Waals surface area contributed by atoms with Crippen molar-refractivity contribution >= 4 is 23.3 Å². The molecular weight excluding hydrogens is 192 g/mol. The maximum absolute atomic E-state index is 10.8. The first-order valence-corrected chi connectivity index (χ1v) is 3.97. The van der Waals surface area contributed by atoms with Gasteiger partial charge in [0.1, 0.15) is 0 Å². The van der Waals surface area contributed by atoms with E-state index in [4.69, 9.17) is 11.6 Å². The molecule has 0 aliphatic carbocycles. The van der Waals surface area contributed by atoms with Crippen LogP contribution in [0.1, 0.15) is 11.7 Å². The van der Waals surface area contributed by atoms with Gasteiger partial charge in [0.25, 0.3) is 11.7 Å². The molecule has 0 amide bonds. The first-order chi connectivity index (χ1) is 6.25. The van der Waals surface area contributed by atoms with E-state index in [1.807, 2.05) is 0 Å². The summed E-state index contributed by atoms with van der Waals surface area (Å²) in [7, 11) is 0. The topological polar surface area (TPSA) is 43.4 Å². The summed E-state index contributed by atoms with van der Waals surface area (Å²) in [5.41, 5.74) is 0.564. The van der Waals surface area contributed by atoms with Crippen molar-refractivity contribution in [3.63, 3.8) is 0 Å². The van der Waals surface area contributed by atoms with E-state index < -0.39 is 11.3 Å². The molecule has 13 heavy (non-hydrogen) atoms. The fourth-order valence-corrected chi connectivity index (χ4v) is 1.12. The van der Waals surface area contributed by atoms with Gasteiger partial charge in [-0.1, -0.05) is 30.3 Å². The van der Waals surface area contributed by atoms with Crippen LogP contribution in [-0.2, 0) is 14.3 Å². The maximum Gasteiger partial charge on any atom is 0.294 e. The summed E-state index contributed by atoms with van der Waals surface area (Å²) in [4.78, 5) is 20.9. The summed E-state index contributed by atoms with van der Waals surface area (Å²) in [6, 6.07) is 8.58. The van der Waals surface area contributed by atoms with Crippen molar-refractivity contribution in [1.82, 2.24) is 0 Å². The molecule has 0 unspecified atom stereocenters. The summed E-state index contributed by atoms with van der Waals surface area (Å²) in [5, 5.41) is -0.710. The summed E-state index contributed by atoms with van der Waals surface area (Å²) in [6.45, 7) is 0.206. The number of carbonyl (C=O) groups excluding carboxylic acids is 2. The quantitative estimate of drug-likeness (QED) is 0.546. The lowest BCUT2D eigenvalue weighted by Crippen LogP contribution is -2.09. The largest absolute Gasteiger partial charge is 0.450 e. The zero-order valence-electron chi connectivity index (χ0n) is 6.64. The average molecular weight is 199 g/mol. The van der Waals surface area contributed by atoms with Crippen LogP contribution in [0, 0.1) is 0 Å². The lowest BCUT2D eigenvalue weighted by Gasteiger charge is -2.09. The highest BCUT2D eigenvalue weighted by Crippen LogP contribution is 2.18. The molecule has 0 heterocycles. The Kier molecular flexibility index (Phi) is 3.46. The second-order valence-electron chi connectivity index (χ2n) is 2.33. The molecule has 0 saturated carbocycles. The van der Waals surface area contributed by atoms with E-state index in [2.05, 4.69) is 4.74 Å². The fourth-order valence-electron chi connectivity index (χ4n) is 0.946. The molecule has 1 atom stereocenters. The molecular formula is C9H7ClO3. The van der Waals surface area contributed by atoms with Crippen LogP contribution in [0.2, 0.25) is 0 Å². The molecule has 0 N–H and O–H groups in total. The Morgan fingerprint density at radius 3 is 2.46 bits per heavy atom. The molecule has 0 saturated heterocycles. The highest BCUT2D eigenvalue weighted by molar-refractivity contribution is 6.64. The average Bonchev–Trinajstić information content (AvgIpc) is 2.15. The molecule has 0 spiro atoms. The van der Waals surface area contributed by atoms with E-state index in [1.54, 1.807) is 30.3 Å². The molecule has 0 fully saturated rings. The zero-order valence-corrected chi connectivity index (χ0v) is 7.40. The van der Waals surface area contributed by atoms with E-state index in [9.17, 15) is 9.59 Å². The third kappa shape index (κ3) is 2.56. The number of halogens is 1. The van der Waals surface area contributed by atoms with Gasteiger partial charge in [0, 0.05) is 5.56 Å². The number of carbonyl (C=O) groups is 2. The third-order valence-corrected chi connectivity index (χ3v) is 1.70. The van der Waals surface area contributed by atoms with E-state index in [0.717, 1.165) is 0 Å². The van der Waals surface area contributed by atoms with Crippen molar-refractivity contribution in [3.8, 4) is 0 Å². The van der Waals surface area contributed by atoms with Crippen molar-refractivity contribution in [2.24, 2.45) is 0 Å². The Morgan fingerprint density at radius 1 is 1.38 bits per heavy atom. The molecule has 0 bridgehead atoms. The molecule has 0 aliphatic rings. The van der Waals surface area contributed by atoms with Gasteiger partial charge in [-0.05, 0) is 11.6 Å². The minimum absolute atomic E-state index is 0.206. The lowest BCUT2D eigenvalue weighted by molar-refractivity contribution is -0.140. The Morgan fingerprint density at radius 2 is 2.00 bits per heavy atom. The van der Waals surface area contributed by atoms with Crippen LogP contribution in [-0.4, -0.2) is 11.7 Å². The van der Waals surface area contributed by atoms with Crippen molar-refractivity contribution in [2.75, 3.05) is 0 Å². The number of hydrogen-bond donors (Lipinski definition) is 0. The number of rotatable bonds is 4. The van der Waals surface area contributed by atoms with Crippen molar-refractivity contribution < 1.29 is 14.3 Å². The van der Waals surface area contributed by atoms with E-state index >= 15 is 0 Å². The third-order valence-electron chi connectivity index (χ3n) is 1.50. The molecule has 4 heteroatoms. The second-order valence-corrected chi connectivity index (χ2v) is 2.70. The maximum atomic E-state index is 10.8. The molecule has 68 valence electrons. The smallest absolute Gasteiger partial charge is 0.294 e. The summed E-state index contributed by atoms with van der Waals surface area (Å²) >= 11 is 5.23. The van der Waals surface area contributed by atoms with Gasteiger partial charge in [0.05, 0.1) is 0 Å². The van der Waals surface area contributed by atoms with Crippen LogP contribution in [0.3, 0.4) is 0 Å². The number of ether oxygens (including phenoxy) is 1. The van der Waals surface area contributed by atoms with Gasteiger partial charge in [0.2, 0.25) is 0 Å². The van der Waals surface area contributed by atoms with Gasteiger partial charge in [-0.2, -0.15) is 0 Å². The molecule has 1 aromatic rings. The molecule has 0 aromatic heterocycles. The van der Waals surface area contributed by atoms with Crippen molar-refractivity contribution in [3.05, 3.63) is 35.9 Å². The van der Waals surface area contributed by atoms with E-state index in [1.165, 1.54) is 0 Å². The zero-order chi connectivity index (χ0) is 9.68. The molecule has 1 rings (SSSR count). The van der Waals surface area contributed by atoms with E-state index in [0.29, 0.717) is 5.56 Å². The first-order valence-electron chi connectivity index (χ1n) is 3.59. The van der Waals surface area contributed by atoms with Crippen molar-refractivity contribution in [1.29, 1.82) is 0 Å². The van der Waals surface area contributed by atoms with Crippen LogP contribution < -0.4 is 0 Å². The van der Waals surface area contributed by atoms with Crippen LogP contribution in [0.5, 0.6) is 0 Å². The van der Waals surface area contributed by atoms with Crippen LogP contribution in [0.4, 0.5) is 0 Å². The minimum atomic E-state index is -1.000. The van der Waals surface area contributed by atoms with Crippen molar-refractivity contribution in [2.45, 2.75) is 6.10 Å². The molecule has 0 radical (unpaired) electrons. The van der Waals surface area contributed by atoms with Gasteiger partial charge in [-0.25, -0.2) is 0 Å². The Hall–Kier alpha value is -1.35. The monoisotopic (exact) mass is 198 g/mol. The van der Waals surface area contributed by atoms with Gasteiger partial charge in [0.15, 0.2) is 6.10 Å². The second kappa shape index (κ2) is 4.62. The Balaban J connectivity index is 2.88. The molecule has 3 nitrogen and oxygen atoms in total. The number of hydrogen-bond acceptors (Lipinski definition) is 3. The Labute approximate surface area is 80.3 Å². The Bertz CT molecular complexity index is 297. The lowest BCUT2D eigenvalue weighted by atomic mass is 10.1. The predicted octanol–water partition coefficient (Wildman–Crippen LogP) is 1.67. The normalized spacial score (nSPS) is 11.8. The standard InChI is InChI=1S/C9H7ClO3/c10-9(12)8(13-6-11)7-4-2-1-3-5-7/h1-6,8H/t8-/m0/s1. The highest BCUT2D eigenvalue weighted by atomic mass is 35.5. The van der Waals surface area contributed by atoms with Crippen LogP contribution >= 0.6 is 11.6 Å². The SMILES string of the molecule is O=CO[C@H](C(=O)Cl)c1ccccc1. The van der Waals surface area contributed by atoms with Gasteiger partial charge in [-0.3, -0.25) is 9.59 Å². The van der Waals surface area contributed by atoms with E-state index in [-0.39, 0.29) is 6.47 Å². The number of benzene rings is 1. The molecule has 1 aromatic carbocycles. The van der Waals surface area contributed by atoms with Gasteiger partial charge >= 0.3 is 0 Å². The van der Waals surface area contributed by atoms with Crippen LogP contribution in [0.25, 0.3) is 0 Å². The fraction of sp³-hybridized carbons (Fsp3) is 0.111. The summed E-state index contributed by atoms with van der Waals surface area (Å²) in [5.74, 6) is 0. The van der Waals surface area contributed by atoms with Gasteiger partial charge < -0.3 is 4.74 Å². The summed E-state index contributed by atoms with van der Waals surface area (Å²) in [6.07, 6.45) is -1.000. The molecule has 0 aliphatic heterocycles. The van der Waals surface area contributed by atoms with Crippen LogP contribution in [0.15, 0.2) is 30.3 Å². The van der Waals surface area contributed by atoms with Gasteiger partial charge in [-0.15, -0.1) is 0 Å². The predicted molar refractivity (Wildman–Crippen MR) is 47.2 cm³/mol. The highest BCUT2D eigenvalue weighted by Gasteiger charge is 2.18. The summed E-state index contributed by atoms with van der Waals surface area (Å²) < 4.78 is 4.53. The minimum Gasteiger partial charge on any atom is -0.450 e. The first kappa shape index (κ1) is 9.74.